The second kappa shape index (κ2) is 9.96. The van der Waals surface area contributed by atoms with Crippen molar-refractivity contribution < 1.29 is 18.9 Å². The SMILES string of the molecule is COc1cc(Cn2cccc2-c2ccc(OCc3ccccc3)cc2)cc(OC)c1OC. The molecule has 0 bridgehead atoms. The van der Waals surface area contributed by atoms with E-state index in [1.165, 1.54) is 0 Å². The second-order valence-electron chi connectivity index (χ2n) is 7.35. The molecule has 0 atom stereocenters. The van der Waals surface area contributed by atoms with E-state index < -0.39 is 0 Å². The predicted molar refractivity (Wildman–Crippen MR) is 126 cm³/mol. The molecular formula is C27H27NO4. The fourth-order valence-electron chi connectivity index (χ4n) is 3.70. The molecule has 0 radical (unpaired) electrons. The van der Waals surface area contributed by atoms with Crippen LogP contribution in [0.5, 0.6) is 23.0 Å². The first-order chi connectivity index (χ1) is 15.7. The van der Waals surface area contributed by atoms with Gasteiger partial charge in [0.25, 0.3) is 0 Å². The maximum atomic E-state index is 5.92. The predicted octanol–water partition coefficient (Wildman–Crippen LogP) is 5.81. The van der Waals surface area contributed by atoms with Crippen LogP contribution in [0.15, 0.2) is 85.1 Å². The van der Waals surface area contributed by atoms with E-state index in [0.717, 1.165) is 28.1 Å². The van der Waals surface area contributed by atoms with Crippen LogP contribution in [0.25, 0.3) is 11.3 Å². The number of hydrogen-bond acceptors (Lipinski definition) is 4. The lowest BCUT2D eigenvalue weighted by Gasteiger charge is -2.16. The van der Waals surface area contributed by atoms with E-state index >= 15 is 0 Å². The Morgan fingerprint density at radius 1 is 0.688 bits per heavy atom. The number of hydrogen-bond donors (Lipinski definition) is 0. The van der Waals surface area contributed by atoms with Crippen molar-refractivity contribution in [1.82, 2.24) is 4.57 Å². The number of methoxy groups -OCH3 is 3. The van der Waals surface area contributed by atoms with Gasteiger partial charge in [-0.15, -0.1) is 0 Å². The van der Waals surface area contributed by atoms with E-state index in [4.69, 9.17) is 18.9 Å². The average Bonchev–Trinajstić information content (AvgIpc) is 3.31. The van der Waals surface area contributed by atoms with Gasteiger partial charge in [-0.05, 0) is 65.2 Å². The molecule has 0 aliphatic heterocycles. The average molecular weight is 430 g/mol. The van der Waals surface area contributed by atoms with E-state index in [9.17, 15) is 0 Å². The molecule has 1 aromatic heterocycles. The topological polar surface area (TPSA) is 41.9 Å². The molecule has 4 aromatic rings. The van der Waals surface area contributed by atoms with Crippen molar-refractivity contribution in [3.63, 3.8) is 0 Å². The molecule has 0 N–H and O–H groups in total. The molecule has 4 rings (SSSR count). The van der Waals surface area contributed by atoms with E-state index in [1.54, 1.807) is 21.3 Å². The molecule has 0 spiro atoms. The lowest BCUT2D eigenvalue weighted by atomic mass is 10.1. The zero-order chi connectivity index (χ0) is 22.3. The fourth-order valence-corrected chi connectivity index (χ4v) is 3.70. The van der Waals surface area contributed by atoms with Crippen molar-refractivity contribution in [2.45, 2.75) is 13.2 Å². The van der Waals surface area contributed by atoms with Crippen LogP contribution >= 0.6 is 0 Å². The first-order valence-electron chi connectivity index (χ1n) is 10.4. The summed E-state index contributed by atoms with van der Waals surface area (Å²) in [4.78, 5) is 0. The van der Waals surface area contributed by atoms with Gasteiger partial charge in [0, 0.05) is 18.4 Å². The lowest BCUT2D eigenvalue weighted by molar-refractivity contribution is 0.306. The van der Waals surface area contributed by atoms with Crippen molar-refractivity contribution in [3.8, 4) is 34.3 Å². The quantitative estimate of drug-likeness (QED) is 0.337. The third kappa shape index (κ3) is 4.72. The maximum absolute atomic E-state index is 5.92. The van der Waals surface area contributed by atoms with E-state index in [2.05, 4.69) is 41.1 Å². The molecule has 0 fully saturated rings. The first kappa shape index (κ1) is 21.4. The van der Waals surface area contributed by atoms with Gasteiger partial charge in [-0.2, -0.15) is 0 Å². The van der Waals surface area contributed by atoms with E-state index in [1.807, 2.05) is 48.5 Å². The zero-order valence-corrected chi connectivity index (χ0v) is 18.6. The molecule has 0 saturated carbocycles. The summed E-state index contributed by atoms with van der Waals surface area (Å²) >= 11 is 0. The Kier molecular flexibility index (Phi) is 6.66. The molecule has 0 amide bonds. The van der Waals surface area contributed by atoms with Gasteiger partial charge in [-0.3, -0.25) is 0 Å². The van der Waals surface area contributed by atoms with Crippen molar-refractivity contribution >= 4 is 0 Å². The Morgan fingerprint density at radius 2 is 1.38 bits per heavy atom. The minimum absolute atomic E-state index is 0.553. The highest BCUT2D eigenvalue weighted by atomic mass is 16.5. The number of aromatic nitrogens is 1. The summed E-state index contributed by atoms with van der Waals surface area (Å²) in [6.45, 7) is 1.23. The van der Waals surface area contributed by atoms with E-state index in [-0.39, 0.29) is 0 Å². The van der Waals surface area contributed by atoms with Crippen LogP contribution in [0.4, 0.5) is 0 Å². The summed E-state index contributed by atoms with van der Waals surface area (Å²) in [7, 11) is 4.87. The summed E-state index contributed by atoms with van der Waals surface area (Å²) in [6.07, 6.45) is 2.07. The summed E-state index contributed by atoms with van der Waals surface area (Å²) < 4.78 is 24.5. The summed E-state index contributed by atoms with van der Waals surface area (Å²) in [5, 5.41) is 0. The fraction of sp³-hybridized carbons (Fsp3) is 0.185. The van der Waals surface area contributed by atoms with Crippen molar-refractivity contribution in [2.75, 3.05) is 21.3 Å². The molecule has 32 heavy (non-hydrogen) atoms. The van der Waals surface area contributed by atoms with Gasteiger partial charge in [0.1, 0.15) is 12.4 Å². The van der Waals surface area contributed by atoms with Gasteiger partial charge >= 0.3 is 0 Å². The van der Waals surface area contributed by atoms with Crippen LogP contribution in [0.1, 0.15) is 11.1 Å². The molecule has 0 aliphatic carbocycles. The van der Waals surface area contributed by atoms with Gasteiger partial charge in [0.15, 0.2) is 11.5 Å². The Balaban J connectivity index is 1.51. The van der Waals surface area contributed by atoms with Gasteiger partial charge in [0.05, 0.1) is 21.3 Å². The van der Waals surface area contributed by atoms with Gasteiger partial charge in [0.2, 0.25) is 5.75 Å². The molecule has 0 unspecified atom stereocenters. The Bertz CT molecular complexity index is 1130. The van der Waals surface area contributed by atoms with Crippen LogP contribution in [0.2, 0.25) is 0 Å². The van der Waals surface area contributed by atoms with Gasteiger partial charge in [-0.25, -0.2) is 0 Å². The Labute approximate surface area is 188 Å². The molecule has 164 valence electrons. The minimum Gasteiger partial charge on any atom is -0.493 e. The monoisotopic (exact) mass is 429 g/mol. The lowest BCUT2D eigenvalue weighted by Crippen LogP contribution is -2.03. The normalized spacial score (nSPS) is 10.6. The Morgan fingerprint density at radius 3 is 2.00 bits per heavy atom. The van der Waals surface area contributed by atoms with Crippen LogP contribution in [0.3, 0.4) is 0 Å². The standard InChI is InChI=1S/C27H27NO4/c1-29-25-16-21(17-26(30-2)27(25)31-3)18-28-15-7-10-24(28)22-11-13-23(14-12-22)32-19-20-8-5-4-6-9-20/h4-17H,18-19H2,1-3H3. The molecule has 0 saturated heterocycles. The zero-order valence-electron chi connectivity index (χ0n) is 18.6. The van der Waals surface area contributed by atoms with Crippen molar-refractivity contribution in [1.29, 1.82) is 0 Å². The number of rotatable bonds is 9. The van der Waals surface area contributed by atoms with Crippen LogP contribution in [0, 0.1) is 0 Å². The largest absolute Gasteiger partial charge is 0.493 e. The summed E-state index contributed by atoms with van der Waals surface area (Å²) in [5.41, 5.74) is 4.44. The summed E-state index contributed by atoms with van der Waals surface area (Å²) in [5.74, 6) is 2.74. The number of ether oxygens (including phenoxy) is 4. The van der Waals surface area contributed by atoms with Crippen molar-refractivity contribution in [3.05, 3.63) is 96.2 Å². The first-order valence-corrected chi connectivity index (χ1v) is 10.4. The maximum Gasteiger partial charge on any atom is 0.203 e. The molecule has 1 heterocycles. The highest BCUT2D eigenvalue weighted by Crippen LogP contribution is 2.38. The van der Waals surface area contributed by atoms with Gasteiger partial charge in [-0.1, -0.05) is 30.3 Å². The van der Waals surface area contributed by atoms with E-state index in [0.29, 0.717) is 30.4 Å². The van der Waals surface area contributed by atoms with Crippen LogP contribution < -0.4 is 18.9 Å². The molecule has 5 nitrogen and oxygen atoms in total. The minimum atomic E-state index is 0.553. The van der Waals surface area contributed by atoms with Crippen LogP contribution in [-0.4, -0.2) is 25.9 Å². The smallest absolute Gasteiger partial charge is 0.203 e. The molecule has 3 aromatic carbocycles. The van der Waals surface area contributed by atoms with Gasteiger partial charge < -0.3 is 23.5 Å². The third-order valence-electron chi connectivity index (χ3n) is 5.31. The number of benzene rings is 3. The second-order valence-corrected chi connectivity index (χ2v) is 7.35. The molecule has 0 aliphatic rings. The summed E-state index contributed by atoms with van der Waals surface area (Å²) in [6, 6.07) is 26.5. The third-order valence-corrected chi connectivity index (χ3v) is 5.31. The van der Waals surface area contributed by atoms with Crippen molar-refractivity contribution in [2.24, 2.45) is 0 Å². The highest BCUT2D eigenvalue weighted by Gasteiger charge is 2.14. The molecule has 5 heteroatoms. The highest BCUT2D eigenvalue weighted by molar-refractivity contribution is 5.61. The number of nitrogens with zero attached hydrogens (tertiary/aromatic N) is 1. The molecular weight excluding hydrogens is 402 g/mol. The van der Waals surface area contributed by atoms with Crippen LogP contribution in [-0.2, 0) is 13.2 Å². The Hall–Kier alpha value is -3.86.